The summed E-state index contributed by atoms with van der Waals surface area (Å²) in [4.78, 5) is 10.9. The van der Waals surface area contributed by atoms with Crippen molar-refractivity contribution in [2.75, 3.05) is 7.11 Å². The zero-order chi connectivity index (χ0) is 9.84. The molecule has 1 aromatic heterocycles. The number of carbonyl (C=O) groups is 1. The molecule has 0 aromatic carbocycles. The molecule has 0 amide bonds. The third-order valence-electron chi connectivity index (χ3n) is 1.73. The minimum absolute atomic E-state index is 0.142. The summed E-state index contributed by atoms with van der Waals surface area (Å²) in [5, 5.41) is 0. The number of carbonyl (C=O) groups excluding carboxylic acids is 1. The number of ether oxygens (including phenoxy) is 1. The second-order valence-corrected chi connectivity index (χ2v) is 2.91. The van der Waals surface area contributed by atoms with Crippen molar-refractivity contribution in [1.82, 2.24) is 0 Å². The van der Waals surface area contributed by atoms with Crippen LogP contribution in [0.3, 0.4) is 0 Å². The maximum Gasteiger partial charge on any atom is 0.307 e. The molecule has 4 nitrogen and oxygen atoms in total. The van der Waals surface area contributed by atoms with Crippen molar-refractivity contribution in [1.29, 1.82) is 0 Å². The number of esters is 1. The molecule has 13 heavy (non-hydrogen) atoms. The molecule has 2 N–H and O–H groups in total. The van der Waals surface area contributed by atoms with Gasteiger partial charge >= 0.3 is 5.97 Å². The molecule has 72 valence electrons. The normalized spacial score (nSPS) is 12.5. The molecule has 0 aliphatic rings. The average molecular weight is 183 g/mol. The second-order valence-electron chi connectivity index (χ2n) is 2.91. The van der Waals surface area contributed by atoms with Crippen molar-refractivity contribution in [3.63, 3.8) is 0 Å². The van der Waals surface area contributed by atoms with Gasteiger partial charge in [0, 0.05) is 0 Å². The zero-order valence-electron chi connectivity index (χ0n) is 7.74. The standard InChI is InChI=1S/C9H13NO3/c1-6-3-8(13-5-6)7(10)4-9(11)12-2/h3,5,7H,4,10H2,1-2H3. The number of methoxy groups -OCH3 is 1. The van der Waals surface area contributed by atoms with Crippen molar-refractivity contribution in [3.05, 3.63) is 23.7 Å². The van der Waals surface area contributed by atoms with Crippen LogP contribution in [0.5, 0.6) is 0 Å². The SMILES string of the molecule is COC(=O)CC(N)c1cc(C)co1. The van der Waals surface area contributed by atoms with E-state index in [2.05, 4.69) is 4.74 Å². The maximum absolute atomic E-state index is 10.9. The van der Waals surface area contributed by atoms with E-state index < -0.39 is 6.04 Å². The van der Waals surface area contributed by atoms with Gasteiger partial charge in [-0.1, -0.05) is 0 Å². The summed E-state index contributed by atoms with van der Waals surface area (Å²) in [6.07, 6.45) is 1.75. The summed E-state index contributed by atoms with van der Waals surface area (Å²) in [5.74, 6) is 0.282. The van der Waals surface area contributed by atoms with Gasteiger partial charge in [-0.25, -0.2) is 0 Å². The Kier molecular flexibility index (Phi) is 3.08. The van der Waals surface area contributed by atoms with E-state index in [1.165, 1.54) is 7.11 Å². The van der Waals surface area contributed by atoms with Crippen molar-refractivity contribution in [2.45, 2.75) is 19.4 Å². The van der Waals surface area contributed by atoms with Crippen molar-refractivity contribution >= 4 is 5.97 Å². The highest BCUT2D eigenvalue weighted by Crippen LogP contribution is 2.16. The van der Waals surface area contributed by atoms with Crippen LogP contribution in [0.1, 0.15) is 23.8 Å². The molecule has 1 aromatic rings. The van der Waals surface area contributed by atoms with E-state index in [0.29, 0.717) is 5.76 Å². The molecule has 1 rings (SSSR count). The summed E-state index contributed by atoms with van der Waals surface area (Å²) < 4.78 is 9.63. The van der Waals surface area contributed by atoms with Crippen molar-refractivity contribution in [2.24, 2.45) is 5.73 Å². The summed E-state index contributed by atoms with van der Waals surface area (Å²) in [5.41, 5.74) is 6.69. The maximum atomic E-state index is 10.9. The van der Waals surface area contributed by atoms with E-state index >= 15 is 0 Å². The van der Waals surface area contributed by atoms with E-state index in [1.807, 2.05) is 13.0 Å². The van der Waals surface area contributed by atoms with E-state index in [0.717, 1.165) is 5.56 Å². The average Bonchev–Trinajstić information content (AvgIpc) is 2.51. The van der Waals surface area contributed by atoms with Crippen molar-refractivity contribution < 1.29 is 13.9 Å². The topological polar surface area (TPSA) is 65.5 Å². The quantitative estimate of drug-likeness (QED) is 0.714. The number of hydrogen-bond donors (Lipinski definition) is 1. The molecule has 0 aliphatic heterocycles. The van der Waals surface area contributed by atoms with Crippen LogP contribution in [0.4, 0.5) is 0 Å². The first kappa shape index (κ1) is 9.80. The van der Waals surface area contributed by atoms with Crippen LogP contribution >= 0.6 is 0 Å². The van der Waals surface area contributed by atoms with Crippen LogP contribution in [0.25, 0.3) is 0 Å². The third kappa shape index (κ3) is 2.59. The minimum atomic E-state index is -0.416. The van der Waals surface area contributed by atoms with Gasteiger partial charge in [0.1, 0.15) is 5.76 Å². The van der Waals surface area contributed by atoms with Crippen LogP contribution < -0.4 is 5.73 Å². The number of aryl methyl sites for hydroxylation is 1. The zero-order valence-corrected chi connectivity index (χ0v) is 7.74. The first-order valence-electron chi connectivity index (χ1n) is 4.01. The number of nitrogens with two attached hydrogens (primary N) is 1. The van der Waals surface area contributed by atoms with E-state index in [4.69, 9.17) is 10.2 Å². The smallest absolute Gasteiger partial charge is 0.307 e. The molecule has 1 heterocycles. The van der Waals surface area contributed by atoms with Crippen LogP contribution in [0.15, 0.2) is 16.7 Å². The predicted molar refractivity (Wildman–Crippen MR) is 47.0 cm³/mol. The van der Waals surface area contributed by atoms with Gasteiger partial charge in [0.2, 0.25) is 0 Å². The Bertz CT molecular complexity index is 293. The Hall–Kier alpha value is -1.29. The van der Waals surface area contributed by atoms with Gasteiger partial charge in [0.25, 0.3) is 0 Å². The molecule has 0 saturated carbocycles. The van der Waals surface area contributed by atoms with Crippen LogP contribution in [-0.4, -0.2) is 13.1 Å². The van der Waals surface area contributed by atoms with Gasteiger partial charge < -0.3 is 14.9 Å². The highest BCUT2D eigenvalue weighted by molar-refractivity contribution is 5.70. The van der Waals surface area contributed by atoms with E-state index in [1.54, 1.807) is 6.26 Å². The molecule has 1 unspecified atom stereocenters. The Morgan fingerprint density at radius 2 is 2.46 bits per heavy atom. The summed E-state index contributed by atoms with van der Waals surface area (Å²) >= 11 is 0. The Balaban J connectivity index is 2.58. The molecule has 0 spiro atoms. The fourth-order valence-corrected chi connectivity index (χ4v) is 1.01. The lowest BCUT2D eigenvalue weighted by molar-refractivity contribution is -0.141. The molecule has 0 saturated heterocycles. The van der Waals surface area contributed by atoms with Crippen LogP contribution in [0.2, 0.25) is 0 Å². The van der Waals surface area contributed by atoms with Crippen LogP contribution in [0, 0.1) is 6.92 Å². The largest absolute Gasteiger partial charge is 0.469 e. The fraction of sp³-hybridized carbons (Fsp3) is 0.444. The van der Waals surface area contributed by atoms with Crippen molar-refractivity contribution in [3.8, 4) is 0 Å². The molecule has 0 bridgehead atoms. The third-order valence-corrected chi connectivity index (χ3v) is 1.73. The Morgan fingerprint density at radius 1 is 1.77 bits per heavy atom. The molecule has 0 aliphatic carbocycles. The lowest BCUT2D eigenvalue weighted by Gasteiger charge is -2.05. The van der Waals surface area contributed by atoms with Gasteiger partial charge in [0.15, 0.2) is 0 Å². The predicted octanol–water partition coefficient (Wildman–Crippen LogP) is 1.15. The highest BCUT2D eigenvalue weighted by Gasteiger charge is 2.14. The minimum Gasteiger partial charge on any atom is -0.469 e. The van der Waals surface area contributed by atoms with Gasteiger partial charge in [-0.05, 0) is 18.6 Å². The first-order valence-corrected chi connectivity index (χ1v) is 4.01. The summed E-state index contributed by atoms with van der Waals surface area (Å²) in [6, 6.07) is 1.40. The number of furan rings is 1. The molecule has 1 atom stereocenters. The highest BCUT2D eigenvalue weighted by atomic mass is 16.5. The molecule has 0 radical (unpaired) electrons. The first-order chi connectivity index (χ1) is 6.13. The van der Waals surface area contributed by atoms with E-state index in [9.17, 15) is 4.79 Å². The molecule has 0 fully saturated rings. The number of rotatable bonds is 3. The van der Waals surface area contributed by atoms with Crippen LogP contribution in [-0.2, 0) is 9.53 Å². The Labute approximate surface area is 76.7 Å². The van der Waals surface area contributed by atoms with Gasteiger partial charge in [0.05, 0.1) is 25.8 Å². The molecular formula is C9H13NO3. The van der Waals surface area contributed by atoms with Gasteiger partial charge in [-0.3, -0.25) is 4.79 Å². The second kappa shape index (κ2) is 4.09. The Morgan fingerprint density at radius 3 is 2.92 bits per heavy atom. The van der Waals surface area contributed by atoms with E-state index in [-0.39, 0.29) is 12.4 Å². The fourth-order valence-electron chi connectivity index (χ4n) is 1.01. The lowest BCUT2D eigenvalue weighted by atomic mass is 10.1. The molecular weight excluding hydrogens is 170 g/mol. The summed E-state index contributed by atoms with van der Waals surface area (Å²) in [6.45, 7) is 1.90. The lowest BCUT2D eigenvalue weighted by Crippen LogP contribution is -2.15. The van der Waals surface area contributed by atoms with Gasteiger partial charge in [-0.15, -0.1) is 0 Å². The number of hydrogen-bond acceptors (Lipinski definition) is 4. The summed E-state index contributed by atoms with van der Waals surface area (Å²) in [7, 11) is 1.34. The molecule has 4 heteroatoms. The van der Waals surface area contributed by atoms with Gasteiger partial charge in [-0.2, -0.15) is 0 Å². The monoisotopic (exact) mass is 183 g/mol.